The van der Waals surface area contributed by atoms with Crippen molar-refractivity contribution in [2.45, 2.75) is 6.92 Å². The molecule has 0 unspecified atom stereocenters. The van der Waals surface area contributed by atoms with Crippen LogP contribution in [0.4, 0.5) is 0 Å². The zero-order valence-electron chi connectivity index (χ0n) is 11.3. The normalized spacial score (nSPS) is 9.65. The lowest BCUT2D eigenvalue weighted by Gasteiger charge is -2.13. The highest BCUT2D eigenvalue weighted by atomic mass is 16.5. The van der Waals surface area contributed by atoms with Crippen molar-refractivity contribution in [1.82, 2.24) is 0 Å². The second-order valence-corrected chi connectivity index (χ2v) is 4.15. The molecule has 0 amide bonds. The van der Waals surface area contributed by atoms with Crippen molar-refractivity contribution in [2.75, 3.05) is 7.11 Å². The molecular formula is C17H14O3. The van der Waals surface area contributed by atoms with Gasteiger partial charge in [-0.25, -0.2) is 0 Å². The van der Waals surface area contributed by atoms with E-state index in [0.717, 1.165) is 11.1 Å². The van der Waals surface area contributed by atoms with E-state index in [1.807, 2.05) is 30.3 Å². The molecule has 0 atom stereocenters. The van der Waals surface area contributed by atoms with E-state index in [4.69, 9.17) is 15.9 Å². The average Bonchev–Trinajstić information content (AvgIpc) is 2.47. The zero-order chi connectivity index (χ0) is 14.5. The maximum absolute atomic E-state index is 11.2. The number of benzene rings is 2. The van der Waals surface area contributed by atoms with Gasteiger partial charge in [-0.05, 0) is 11.6 Å². The number of hydrogen-bond donors (Lipinski definition) is 0. The van der Waals surface area contributed by atoms with Gasteiger partial charge in [0.2, 0.25) is 0 Å². The maximum atomic E-state index is 11.2. The minimum absolute atomic E-state index is 0.361. The molecule has 2 rings (SSSR count). The molecule has 0 saturated heterocycles. The summed E-state index contributed by atoms with van der Waals surface area (Å²) in [7, 11) is 1.58. The Bertz CT molecular complexity index is 667. The number of methoxy groups -OCH3 is 1. The number of ether oxygens (including phenoxy) is 2. The first-order chi connectivity index (χ1) is 9.65. The average molecular weight is 266 g/mol. The summed E-state index contributed by atoms with van der Waals surface area (Å²) in [5, 5.41) is 0. The van der Waals surface area contributed by atoms with Crippen molar-refractivity contribution in [1.29, 1.82) is 0 Å². The van der Waals surface area contributed by atoms with Crippen LogP contribution < -0.4 is 9.47 Å². The smallest absolute Gasteiger partial charge is 0.308 e. The van der Waals surface area contributed by atoms with E-state index in [1.54, 1.807) is 19.2 Å². The molecule has 20 heavy (non-hydrogen) atoms. The van der Waals surface area contributed by atoms with Gasteiger partial charge in [0.25, 0.3) is 0 Å². The first-order valence-electron chi connectivity index (χ1n) is 6.08. The molecule has 100 valence electrons. The third kappa shape index (κ3) is 2.81. The van der Waals surface area contributed by atoms with Gasteiger partial charge in [-0.15, -0.1) is 6.42 Å². The molecule has 3 heteroatoms. The van der Waals surface area contributed by atoms with Crippen LogP contribution in [0.1, 0.15) is 12.5 Å². The molecule has 3 nitrogen and oxygen atoms in total. The molecule has 0 spiro atoms. The number of carbonyl (C=O) groups is 1. The Kier molecular flexibility index (Phi) is 4.07. The van der Waals surface area contributed by atoms with E-state index >= 15 is 0 Å². The molecule has 2 aromatic carbocycles. The summed E-state index contributed by atoms with van der Waals surface area (Å²) in [5.74, 6) is 3.09. The highest BCUT2D eigenvalue weighted by molar-refractivity contribution is 5.77. The molecule has 0 saturated carbocycles. The minimum Gasteiger partial charge on any atom is -0.496 e. The molecular weight excluding hydrogens is 252 g/mol. The fourth-order valence-corrected chi connectivity index (χ4v) is 1.92. The SMILES string of the molecule is C#Cc1cc(OC)c(-c2ccccc2)cc1OC(C)=O. The third-order valence-corrected chi connectivity index (χ3v) is 2.80. The zero-order valence-corrected chi connectivity index (χ0v) is 11.3. The van der Waals surface area contributed by atoms with Gasteiger partial charge in [-0.2, -0.15) is 0 Å². The van der Waals surface area contributed by atoms with Crippen LogP contribution in [0.2, 0.25) is 0 Å². The van der Waals surface area contributed by atoms with Crippen molar-refractivity contribution in [3.63, 3.8) is 0 Å². The number of carbonyl (C=O) groups excluding carboxylic acids is 1. The van der Waals surface area contributed by atoms with Crippen LogP contribution in [0.5, 0.6) is 11.5 Å². The summed E-state index contributed by atoms with van der Waals surface area (Å²) in [4.78, 5) is 11.2. The maximum Gasteiger partial charge on any atom is 0.308 e. The lowest BCUT2D eigenvalue weighted by atomic mass is 10.0. The summed E-state index contributed by atoms with van der Waals surface area (Å²) in [5.41, 5.74) is 2.27. The van der Waals surface area contributed by atoms with Crippen molar-refractivity contribution >= 4 is 5.97 Å². The summed E-state index contributed by atoms with van der Waals surface area (Å²) < 4.78 is 10.5. The summed E-state index contributed by atoms with van der Waals surface area (Å²) in [6.07, 6.45) is 5.44. The van der Waals surface area contributed by atoms with Crippen molar-refractivity contribution in [3.8, 4) is 35.0 Å². The van der Waals surface area contributed by atoms with Gasteiger partial charge in [-0.3, -0.25) is 4.79 Å². The topological polar surface area (TPSA) is 35.5 Å². The molecule has 0 N–H and O–H groups in total. The first-order valence-corrected chi connectivity index (χ1v) is 6.08. The number of terminal acetylenes is 1. The van der Waals surface area contributed by atoms with Crippen LogP contribution in [0, 0.1) is 12.3 Å². The van der Waals surface area contributed by atoms with Crippen LogP contribution in [0.15, 0.2) is 42.5 Å². The molecule has 0 fully saturated rings. The van der Waals surface area contributed by atoms with Crippen LogP contribution in [-0.2, 0) is 4.79 Å². The molecule has 0 aliphatic heterocycles. The predicted octanol–water partition coefficient (Wildman–Crippen LogP) is 3.27. The fourth-order valence-electron chi connectivity index (χ4n) is 1.92. The largest absolute Gasteiger partial charge is 0.496 e. The van der Waals surface area contributed by atoms with Crippen molar-refractivity contribution in [2.24, 2.45) is 0 Å². The molecule has 0 bridgehead atoms. The summed E-state index contributed by atoms with van der Waals surface area (Å²) in [6, 6.07) is 13.1. The van der Waals surface area contributed by atoms with E-state index in [-0.39, 0.29) is 0 Å². The minimum atomic E-state index is -0.411. The molecule has 0 aliphatic rings. The van der Waals surface area contributed by atoms with Gasteiger partial charge in [0.05, 0.1) is 12.7 Å². The standard InChI is InChI=1S/C17H14O3/c1-4-13-10-17(19-3)15(11-16(13)20-12(2)18)14-8-6-5-7-9-14/h1,5-11H,2-3H3. The Hall–Kier alpha value is -2.73. The predicted molar refractivity (Wildman–Crippen MR) is 77.7 cm³/mol. The van der Waals surface area contributed by atoms with Crippen molar-refractivity contribution < 1.29 is 14.3 Å². The van der Waals surface area contributed by atoms with Crippen molar-refractivity contribution in [3.05, 3.63) is 48.0 Å². The van der Waals surface area contributed by atoms with Crippen LogP contribution in [0.25, 0.3) is 11.1 Å². The number of esters is 1. The van der Waals surface area contributed by atoms with Gasteiger partial charge >= 0.3 is 5.97 Å². The van der Waals surface area contributed by atoms with E-state index in [1.165, 1.54) is 6.92 Å². The number of hydrogen-bond acceptors (Lipinski definition) is 3. The molecule has 2 aromatic rings. The Morgan fingerprint density at radius 3 is 2.40 bits per heavy atom. The van der Waals surface area contributed by atoms with Crippen LogP contribution in [-0.4, -0.2) is 13.1 Å². The van der Waals surface area contributed by atoms with E-state index in [0.29, 0.717) is 17.1 Å². The molecule has 0 heterocycles. The van der Waals surface area contributed by atoms with Crippen LogP contribution in [0.3, 0.4) is 0 Å². The summed E-state index contributed by atoms with van der Waals surface area (Å²) in [6.45, 7) is 1.34. The number of rotatable bonds is 3. The highest BCUT2D eigenvalue weighted by Crippen LogP contribution is 2.35. The van der Waals surface area contributed by atoms with Gasteiger partial charge in [0, 0.05) is 18.6 Å². The van der Waals surface area contributed by atoms with Gasteiger partial charge in [0.15, 0.2) is 0 Å². The highest BCUT2D eigenvalue weighted by Gasteiger charge is 2.13. The Labute approximate surface area is 118 Å². The van der Waals surface area contributed by atoms with E-state index in [2.05, 4.69) is 5.92 Å². The first kappa shape index (κ1) is 13.7. The second kappa shape index (κ2) is 5.94. The van der Waals surface area contributed by atoms with Crippen LogP contribution >= 0.6 is 0 Å². The molecule has 0 aliphatic carbocycles. The second-order valence-electron chi connectivity index (χ2n) is 4.15. The third-order valence-electron chi connectivity index (χ3n) is 2.80. The fraction of sp³-hybridized carbons (Fsp3) is 0.118. The van der Waals surface area contributed by atoms with E-state index < -0.39 is 5.97 Å². The Morgan fingerprint density at radius 1 is 1.15 bits per heavy atom. The van der Waals surface area contributed by atoms with Gasteiger partial charge in [0.1, 0.15) is 11.5 Å². The Balaban J connectivity index is 2.61. The quantitative estimate of drug-likeness (QED) is 0.486. The molecule has 0 radical (unpaired) electrons. The van der Waals surface area contributed by atoms with Gasteiger partial charge < -0.3 is 9.47 Å². The lowest BCUT2D eigenvalue weighted by molar-refractivity contribution is -0.131. The van der Waals surface area contributed by atoms with Gasteiger partial charge in [-0.1, -0.05) is 36.3 Å². The van der Waals surface area contributed by atoms with E-state index in [9.17, 15) is 4.79 Å². The Morgan fingerprint density at radius 2 is 1.85 bits per heavy atom. The lowest BCUT2D eigenvalue weighted by Crippen LogP contribution is -2.04. The monoisotopic (exact) mass is 266 g/mol. The molecule has 0 aromatic heterocycles. The summed E-state index contributed by atoms with van der Waals surface area (Å²) >= 11 is 0.